The Kier molecular flexibility index (Phi) is 10.8. The van der Waals surface area contributed by atoms with E-state index in [1.807, 2.05) is 0 Å². The monoisotopic (exact) mass is 550 g/mol. The number of benzene rings is 3. The molecule has 0 N–H and O–H groups in total. The van der Waals surface area contributed by atoms with E-state index in [-0.39, 0.29) is 12.2 Å². The van der Waals surface area contributed by atoms with E-state index in [0.29, 0.717) is 23.7 Å². The van der Waals surface area contributed by atoms with Gasteiger partial charge in [0.2, 0.25) is 0 Å². The molecule has 3 aromatic rings. The van der Waals surface area contributed by atoms with Crippen molar-refractivity contribution in [2.45, 2.75) is 38.6 Å². The molecule has 1 fully saturated rings. The molecular weight excluding hydrogens is 524 g/mol. The smallest absolute Gasteiger partial charge is 0.296 e. The summed E-state index contributed by atoms with van der Waals surface area (Å²) in [5.41, 5.74) is 1.17. The highest BCUT2D eigenvalue weighted by atomic mass is 35.5. The summed E-state index contributed by atoms with van der Waals surface area (Å²) < 4.78 is 39.9. The summed E-state index contributed by atoms with van der Waals surface area (Å²) in [7, 11) is 0. The van der Waals surface area contributed by atoms with Gasteiger partial charge >= 0.3 is 10.7 Å². The number of hydrogen-bond donors (Lipinski definition) is 0. The van der Waals surface area contributed by atoms with Crippen LogP contribution in [0.2, 0.25) is 0 Å². The van der Waals surface area contributed by atoms with E-state index in [4.69, 9.17) is 23.2 Å². The molecule has 4 nitrogen and oxygen atoms in total. The molecule has 0 heterocycles. The number of hydrogen-bond acceptors (Lipinski definition) is 2. The van der Waals surface area contributed by atoms with Gasteiger partial charge in [0, 0.05) is 12.2 Å². The molecule has 0 saturated heterocycles. The van der Waals surface area contributed by atoms with Gasteiger partial charge in [-0.15, -0.1) is 0 Å². The predicted octanol–water partition coefficient (Wildman–Crippen LogP) is 8.90. The van der Waals surface area contributed by atoms with E-state index in [1.54, 1.807) is 30.3 Å². The highest BCUT2D eigenvalue weighted by Crippen LogP contribution is 2.28. The Labute approximate surface area is 224 Å². The van der Waals surface area contributed by atoms with Crippen LogP contribution in [0.5, 0.6) is 0 Å². The second-order valence-electron chi connectivity index (χ2n) is 8.77. The van der Waals surface area contributed by atoms with Crippen molar-refractivity contribution in [2.24, 2.45) is 5.92 Å². The molecule has 0 radical (unpaired) electrons. The molecule has 1 saturated carbocycles. The Hall–Kier alpha value is -3.03. The van der Waals surface area contributed by atoms with E-state index in [2.05, 4.69) is 0 Å². The second kappa shape index (κ2) is 14.1. The highest BCUT2D eigenvalue weighted by Gasteiger charge is 2.23. The van der Waals surface area contributed by atoms with E-state index in [9.17, 15) is 22.8 Å². The van der Waals surface area contributed by atoms with E-state index < -0.39 is 28.2 Å². The number of carbonyl (C=O) groups excluding carboxylic acids is 2. The molecule has 2 amide bonds. The molecule has 3 aromatic carbocycles. The molecule has 0 aromatic heterocycles. The maximum atomic E-state index is 13.7. The molecule has 0 atom stereocenters. The normalized spacial score (nSPS) is 13.3. The van der Waals surface area contributed by atoms with Crippen molar-refractivity contribution >= 4 is 45.3 Å². The third kappa shape index (κ3) is 8.79. The molecule has 0 aliphatic heterocycles. The van der Waals surface area contributed by atoms with Crippen LogP contribution in [0.4, 0.5) is 34.1 Å². The average Bonchev–Trinajstić information content (AvgIpc) is 2.87. The minimum Gasteiger partial charge on any atom is -0.296 e. The van der Waals surface area contributed by atoms with Crippen LogP contribution in [-0.2, 0) is 6.54 Å². The molecular formula is C28H27Cl2F3N2O2. The van der Waals surface area contributed by atoms with Gasteiger partial charge in [-0.1, -0.05) is 49.6 Å². The van der Waals surface area contributed by atoms with Gasteiger partial charge in [-0.3, -0.25) is 19.4 Å². The first-order chi connectivity index (χ1) is 17.7. The van der Waals surface area contributed by atoms with Crippen LogP contribution in [-0.4, -0.2) is 17.3 Å². The van der Waals surface area contributed by atoms with Gasteiger partial charge in [0.15, 0.2) is 0 Å². The Morgan fingerprint density at radius 2 is 1.38 bits per heavy atom. The van der Waals surface area contributed by atoms with E-state index in [0.717, 1.165) is 12.8 Å². The topological polar surface area (TPSA) is 40.6 Å². The Morgan fingerprint density at radius 1 is 0.757 bits per heavy atom. The Bertz CT molecular complexity index is 1210. The summed E-state index contributed by atoms with van der Waals surface area (Å²) in [6.45, 7) is 0.590. The maximum Gasteiger partial charge on any atom is 0.321 e. The summed E-state index contributed by atoms with van der Waals surface area (Å²) in [5, 5.41) is -1.36. The molecule has 4 rings (SSSR count). The summed E-state index contributed by atoms with van der Waals surface area (Å²) in [6, 6.07) is 17.6. The van der Waals surface area contributed by atoms with Gasteiger partial charge in [0.05, 0.1) is 12.2 Å². The summed E-state index contributed by atoms with van der Waals surface area (Å²) >= 11 is 11.1. The third-order valence-corrected chi connectivity index (χ3v) is 6.49. The first kappa shape index (κ1) is 28.5. The van der Waals surface area contributed by atoms with E-state index >= 15 is 0 Å². The number of nitrogens with zero attached hydrogens (tertiary/aromatic N) is 2. The SMILES string of the molecule is O=C(Cl)N(CC1CCCCC1)c1ccccc1F.O=C(Cl)N(Cc1cccc(F)c1)c1cccc(F)c1. The molecule has 0 unspecified atom stereocenters. The van der Waals surface area contributed by atoms with Crippen molar-refractivity contribution in [2.75, 3.05) is 16.3 Å². The molecule has 0 spiro atoms. The maximum absolute atomic E-state index is 13.7. The van der Waals surface area contributed by atoms with Gasteiger partial charge in [0.1, 0.15) is 17.5 Å². The number of carbonyl (C=O) groups is 2. The van der Waals surface area contributed by atoms with Crippen LogP contribution in [0.15, 0.2) is 72.8 Å². The van der Waals surface area contributed by atoms with Crippen molar-refractivity contribution in [3.05, 3.63) is 95.8 Å². The van der Waals surface area contributed by atoms with E-state index in [1.165, 1.54) is 71.5 Å². The number of para-hydroxylation sites is 1. The van der Waals surface area contributed by atoms with Crippen molar-refractivity contribution in [1.29, 1.82) is 0 Å². The molecule has 0 bridgehead atoms. The van der Waals surface area contributed by atoms with Crippen LogP contribution < -0.4 is 9.80 Å². The lowest BCUT2D eigenvalue weighted by Crippen LogP contribution is -2.33. The lowest BCUT2D eigenvalue weighted by atomic mass is 9.89. The highest BCUT2D eigenvalue weighted by molar-refractivity contribution is 6.66. The first-order valence-electron chi connectivity index (χ1n) is 11.9. The summed E-state index contributed by atoms with van der Waals surface area (Å²) in [6.07, 6.45) is 5.81. The predicted molar refractivity (Wildman–Crippen MR) is 142 cm³/mol. The number of amides is 2. The number of rotatable bonds is 6. The molecule has 196 valence electrons. The van der Waals surface area contributed by atoms with Gasteiger partial charge in [-0.05, 0) is 90.0 Å². The van der Waals surface area contributed by atoms with Gasteiger partial charge in [-0.2, -0.15) is 0 Å². The van der Waals surface area contributed by atoms with Crippen LogP contribution in [0.1, 0.15) is 37.7 Å². The van der Waals surface area contributed by atoms with Crippen molar-refractivity contribution in [3.8, 4) is 0 Å². The molecule has 37 heavy (non-hydrogen) atoms. The van der Waals surface area contributed by atoms with Crippen molar-refractivity contribution in [1.82, 2.24) is 0 Å². The number of halogens is 5. The zero-order chi connectivity index (χ0) is 26.8. The van der Waals surface area contributed by atoms with Gasteiger partial charge in [-0.25, -0.2) is 13.2 Å². The van der Waals surface area contributed by atoms with Crippen molar-refractivity contribution < 1.29 is 22.8 Å². The number of anilines is 2. The Morgan fingerprint density at radius 3 is 1.97 bits per heavy atom. The molecule has 1 aliphatic carbocycles. The second-order valence-corrected chi connectivity index (χ2v) is 9.41. The van der Waals surface area contributed by atoms with Crippen LogP contribution in [0.3, 0.4) is 0 Å². The fourth-order valence-corrected chi connectivity index (χ4v) is 4.60. The fraction of sp³-hybridized carbons (Fsp3) is 0.286. The standard InChI is InChI=1S/C14H10ClF2NO.C14H17ClFNO/c15-14(19)18(13-6-2-5-12(17)8-13)9-10-3-1-4-11(16)7-10;15-14(18)17(10-11-6-2-1-3-7-11)13-9-5-4-8-12(13)16/h1-8H,9H2;4-5,8-9,11H,1-3,6-7,10H2. The summed E-state index contributed by atoms with van der Waals surface area (Å²) in [4.78, 5) is 25.4. The van der Waals surface area contributed by atoms with Crippen LogP contribution >= 0.6 is 23.2 Å². The fourth-order valence-electron chi connectivity index (χ4n) is 4.28. The Balaban J connectivity index is 0.000000206. The van der Waals surface area contributed by atoms with Crippen LogP contribution in [0, 0.1) is 23.4 Å². The minimum atomic E-state index is -0.755. The minimum absolute atomic E-state index is 0.0730. The lowest BCUT2D eigenvalue weighted by molar-refractivity contribution is 0.260. The average molecular weight is 551 g/mol. The first-order valence-corrected chi connectivity index (χ1v) is 12.7. The molecule has 9 heteroatoms. The zero-order valence-corrected chi connectivity index (χ0v) is 21.6. The van der Waals surface area contributed by atoms with Gasteiger partial charge < -0.3 is 0 Å². The van der Waals surface area contributed by atoms with Crippen LogP contribution in [0.25, 0.3) is 0 Å². The quantitative estimate of drug-likeness (QED) is 0.227. The summed E-state index contributed by atoms with van der Waals surface area (Å²) in [5.74, 6) is -0.846. The largest absolute Gasteiger partial charge is 0.321 e. The zero-order valence-electron chi connectivity index (χ0n) is 20.1. The third-order valence-electron chi connectivity index (χ3n) is 6.08. The lowest BCUT2D eigenvalue weighted by Gasteiger charge is -2.28. The van der Waals surface area contributed by atoms with Crippen molar-refractivity contribution in [3.63, 3.8) is 0 Å². The van der Waals surface area contributed by atoms with Gasteiger partial charge in [0.25, 0.3) is 0 Å². The molecule has 1 aliphatic rings.